The highest BCUT2D eigenvalue weighted by molar-refractivity contribution is 5.91. The van der Waals surface area contributed by atoms with E-state index in [0.717, 1.165) is 13.0 Å². The van der Waals surface area contributed by atoms with Gasteiger partial charge in [0.05, 0.1) is 0 Å². The number of nitrogens with zero attached hydrogens (tertiary/aromatic N) is 1. The standard InChI is InChI=1S/C12H19NO/c1-12(2,3)11-8-10(14)7-9-5-4-6-13(9)11/h8-9H,4-7H2,1-3H3/t9-/m0/s1. The zero-order chi connectivity index (χ0) is 10.3. The van der Waals surface area contributed by atoms with Gasteiger partial charge in [-0.1, -0.05) is 20.8 Å². The molecule has 0 aliphatic carbocycles. The van der Waals surface area contributed by atoms with Gasteiger partial charge in [0.1, 0.15) is 0 Å². The van der Waals surface area contributed by atoms with Gasteiger partial charge in [-0.05, 0) is 12.8 Å². The Morgan fingerprint density at radius 1 is 1.43 bits per heavy atom. The quantitative estimate of drug-likeness (QED) is 0.588. The summed E-state index contributed by atoms with van der Waals surface area (Å²) in [6.07, 6.45) is 5.03. The van der Waals surface area contributed by atoms with Gasteiger partial charge in [0, 0.05) is 36.2 Å². The van der Waals surface area contributed by atoms with E-state index in [2.05, 4.69) is 25.7 Å². The Balaban J connectivity index is 2.32. The van der Waals surface area contributed by atoms with E-state index in [1.807, 2.05) is 6.08 Å². The molecule has 2 heteroatoms. The lowest BCUT2D eigenvalue weighted by Crippen LogP contribution is -2.39. The van der Waals surface area contributed by atoms with Gasteiger partial charge >= 0.3 is 0 Å². The van der Waals surface area contributed by atoms with Crippen molar-refractivity contribution in [2.75, 3.05) is 6.54 Å². The third-order valence-corrected chi connectivity index (χ3v) is 3.19. The second-order valence-corrected chi connectivity index (χ2v) is 5.44. The van der Waals surface area contributed by atoms with Crippen LogP contribution >= 0.6 is 0 Å². The Kier molecular flexibility index (Phi) is 2.17. The van der Waals surface area contributed by atoms with Crippen LogP contribution in [0.15, 0.2) is 11.8 Å². The first kappa shape index (κ1) is 9.75. The Morgan fingerprint density at radius 3 is 2.79 bits per heavy atom. The van der Waals surface area contributed by atoms with E-state index < -0.39 is 0 Å². The van der Waals surface area contributed by atoms with Crippen molar-refractivity contribution in [3.63, 3.8) is 0 Å². The van der Waals surface area contributed by atoms with Gasteiger partial charge < -0.3 is 4.90 Å². The van der Waals surface area contributed by atoms with Crippen LogP contribution in [-0.4, -0.2) is 23.3 Å². The molecule has 0 spiro atoms. The molecule has 0 amide bonds. The number of carbonyl (C=O) groups is 1. The summed E-state index contributed by atoms with van der Waals surface area (Å²) >= 11 is 0. The minimum absolute atomic E-state index is 0.110. The van der Waals surface area contributed by atoms with Gasteiger partial charge in [-0.15, -0.1) is 0 Å². The summed E-state index contributed by atoms with van der Waals surface area (Å²) in [6.45, 7) is 7.70. The third kappa shape index (κ3) is 1.58. The third-order valence-electron chi connectivity index (χ3n) is 3.19. The number of hydrogen-bond acceptors (Lipinski definition) is 2. The fourth-order valence-electron chi connectivity index (χ4n) is 2.54. The normalized spacial score (nSPS) is 27.6. The molecule has 0 unspecified atom stereocenters. The summed E-state index contributed by atoms with van der Waals surface area (Å²) in [5.74, 6) is 0.318. The van der Waals surface area contributed by atoms with Gasteiger partial charge in [-0.25, -0.2) is 0 Å². The number of hydrogen-bond donors (Lipinski definition) is 0. The maximum absolute atomic E-state index is 11.6. The van der Waals surface area contributed by atoms with E-state index >= 15 is 0 Å². The maximum Gasteiger partial charge on any atom is 0.159 e. The van der Waals surface area contributed by atoms with Crippen LogP contribution in [0.3, 0.4) is 0 Å². The SMILES string of the molecule is CC(C)(C)C1=CC(=O)C[C@@H]2CCCN12. The van der Waals surface area contributed by atoms with E-state index in [9.17, 15) is 4.79 Å². The smallest absolute Gasteiger partial charge is 0.159 e. The van der Waals surface area contributed by atoms with Gasteiger partial charge in [0.25, 0.3) is 0 Å². The minimum atomic E-state index is 0.110. The Bertz CT molecular complexity index is 285. The summed E-state index contributed by atoms with van der Waals surface area (Å²) in [6, 6.07) is 0.502. The Hall–Kier alpha value is -0.790. The van der Waals surface area contributed by atoms with Crippen molar-refractivity contribution in [2.24, 2.45) is 5.41 Å². The highest BCUT2D eigenvalue weighted by Gasteiger charge is 2.36. The molecule has 2 aliphatic heterocycles. The molecular weight excluding hydrogens is 174 g/mol. The second kappa shape index (κ2) is 3.11. The van der Waals surface area contributed by atoms with E-state index in [1.54, 1.807) is 0 Å². The molecule has 14 heavy (non-hydrogen) atoms. The minimum Gasteiger partial charge on any atom is -0.371 e. The van der Waals surface area contributed by atoms with Crippen molar-refractivity contribution < 1.29 is 4.79 Å². The molecule has 0 saturated carbocycles. The fourth-order valence-corrected chi connectivity index (χ4v) is 2.54. The van der Waals surface area contributed by atoms with E-state index in [4.69, 9.17) is 0 Å². The van der Waals surface area contributed by atoms with Crippen molar-refractivity contribution in [1.82, 2.24) is 4.90 Å². The van der Waals surface area contributed by atoms with Crippen molar-refractivity contribution in [1.29, 1.82) is 0 Å². The molecule has 1 saturated heterocycles. The highest BCUT2D eigenvalue weighted by Crippen LogP contribution is 2.37. The Labute approximate surface area is 86.0 Å². The predicted octanol–water partition coefficient (Wildman–Crippen LogP) is 2.35. The number of carbonyl (C=O) groups excluding carboxylic acids is 1. The first-order chi connectivity index (χ1) is 6.48. The van der Waals surface area contributed by atoms with Gasteiger partial charge in [-0.2, -0.15) is 0 Å². The fraction of sp³-hybridized carbons (Fsp3) is 0.750. The van der Waals surface area contributed by atoms with Gasteiger partial charge in [0.15, 0.2) is 5.78 Å². The van der Waals surface area contributed by atoms with E-state index in [1.165, 1.54) is 18.5 Å². The number of fused-ring (bicyclic) bond motifs is 1. The van der Waals surface area contributed by atoms with E-state index in [0.29, 0.717) is 11.8 Å². The monoisotopic (exact) mass is 193 g/mol. The molecule has 0 N–H and O–H groups in total. The zero-order valence-electron chi connectivity index (χ0n) is 9.34. The highest BCUT2D eigenvalue weighted by atomic mass is 16.1. The van der Waals surface area contributed by atoms with Crippen LogP contribution in [0.4, 0.5) is 0 Å². The largest absolute Gasteiger partial charge is 0.371 e. The van der Waals surface area contributed by atoms with Crippen LogP contribution in [0.25, 0.3) is 0 Å². The molecule has 2 heterocycles. The van der Waals surface area contributed by atoms with Crippen LogP contribution < -0.4 is 0 Å². The summed E-state index contributed by atoms with van der Waals surface area (Å²) < 4.78 is 0. The molecular formula is C12H19NO. The maximum atomic E-state index is 11.6. The molecule has 0 aromatic rings. The van der Waals surface area contributed by atoms with Crippen molar-refractivity contribution >= 4 is 5.78 Å². The topological polar surface area (TPSA) is 20.3 Å². The molecule has 1 fully saturated rings. The zero-order valence-corrected chi connectivity index (χ0v) is 9.34. The summed E-state index contributed by atoms with van der Waals surface area (Å²) in [7, 11) is 0. The second-order valence-electron chi connectivity index (χ2n) is 5.44. The first-order valence-electron chi connectivity index (χ1n) is 5.50. The first-order valence-corrected chi connectivity index (χ1v) is 5.50. The van der Waals surface area contributed by atoms with Crippen molar-refractivity contribution in [3.8, 4) is 0 Å². The van der Waals surface area contributed by atoms with Crippen LogP contribution in [0.5, 0.6) is 0 Å². The summed E-state index contributed by atoms with van der Waals surface area (Å²) in [5.41, 5.74) is 1.36. The van der Waals surface area contributed by atoms with Crippen molar-refractivity contribution in [2.45, 2.75) is 46.1 Å². The van der Waals surface area contributed by atoms with E-state index in [-0.39, 0.29) is 5.41 Å². The average molecular weight is 193 g/mol. The molecule has 2 rings (SSSR count). The Morgan fingerprint density at radius 2 is 2.14 bits per heavy atom. The lowest BCUT2D eigenvalue weighted by molar-refractivity contribution is -0.116. The molecule has 0 bridgehead atoms. The van der Waals surface area contributed by atoms with Gasteiger partial charge in [0.2, 0.25) is 0 Å². The van der Waals surface area contributed by atoms with Crippen LogP contribution in [0.2, 0.25) is 0 Å². The lowest BCUT2D eigenvalue weighted by Gasteiger charge is -2.38. The van der Waals surface area contributed by atoms with Crippen LogP contribution in [-0.2, 0) is 4.79 Å². The van der Waals surface area contributed by atoms with Crippen LogP contribution in [0, 0.1) is 5.41 Å². The molecule has 2 nitrogen and oxygen atoms in total. The molecule has 78 valence electrons. The molecule has 0 aromatic carbocycles. The summed E-state index contributed by atoms with van der Waals surface area (Å²) in [5, 5.41) is 0. The molecule has 0 aromatic heterocycles. The molecule has 1 atom stereocenters. The number of rotatable bonds is 0. The lowest BCUT2D eigenvalue weighted by atomic mass is 9.86. The van der Waals surface area contributed by atoms with Crippen LogP contribution in [0.1, 0.15) is 40.0 Å². The van der Waals surface area contributed by atoms with Gasteiger partial charge in [-0.3, -0.25) is 4.79 Å². The molecule has 2 aliphatic rings. The summed E-state index contributed by atoms with van der Waals surface area (Å²) in [4.78, 5) is 14.0. The predicted molar refractivity (Wildman–Crippen MR) is 56.9 cm³/mol. The average Bonchev–Trinajstić information content (AvgIpc) is 2.47. The number of ketones is 1. The van der Waals surface area contributed by atoms with Crippen molar-refractivity contribution in [3.05, 3.63) is 11.8 Å². The molecule has 0 radical (unpaired) electrons. The number of allylic oxidation sites excluding steroid dienone is 2.